The van der Waals surface area contributed by atoms with Gasteiger partial charge >= 0.3 is 0 Å². The number of fused-ring (bicyclic) bond motifs is 1. The van der Waals surface area contributed by atoms with E-state index in [0.717, 1.165) is 20.2 Å². The third kappa shape index (κ3) is 1.80. The molecular formula is C9H5Br2ClS. The fourth-order valence-electron chi connectivity index (χ4n) is 1.16. The Morgan fingerprint density at radius 2 is 2.15 bits per heavy atom. The molecule has 2 aromatic rings. The SMILES string of the molecule is Clc1csc2cc(CBr)c(Br)cc12. The van der Waals surface area contributed by atoms with Gasteiger partial charge in [0.25, 0.3) is 0 Å². The van der Waals surface area contributed by atoms with Crippen LogP contribution in [0.3, 0.4) is 0 Å². The van der Waals surface area contributed by atoms with E-state index >= 15 is 0 Å². The van der Waals surface area contributed by atoms with Crippen molar-refractivity contribution in [3.8, 4) is 0 Å². The molecule has 0 aliphatic carbocycles. The zero-order chi connectivity index (χ0) is 9.42. The lowest BCUT2D eigenvalue weighted by Gasteiger charge is -2.00. The van der Waals surface area contributed by atoms with Crippen molar-refractivity contribution in [3.63, 3.8) is 0 Å². The smallest absolute Gasteiger partial charge is 0.0592 e. The Morgan fingerprint density at radius 3 is 2.85 bits per heavy atom. The summed E-state index contributed by atoms with van der Waals surface area (Å²) in [7, 11) is 0. The second-order valence-corrected chi connectivity index (χ2v) is 5.39. The molecule has 0 N–H and O–H groups in total. The first-order chi connectivity index (χ1) is 6.22. The number of rotatable bonds is 1. The molecule has 0 saturated carbocycles. The first kappa shape index (κ1) is 9.97. The van der Waals surface area contributed by atoms with Crippen molar-refractivity contribution >= 4 is 64.9 Å². The van der Waals surface area contributed by atoms with Gasteiger partial charge < -0.3 is 0 Å². The van der Waals surface area contributed by atoms with Gasteiger partial charge in [-0.05, 0) is 17.7 Å². The van der Waals surface area contributed by atoms with E-state index in [1.807, 2.05) is 5.38 Å². The Balaban J connectivity index is 2.76. The summed E-state index contributed by atoms with van der Waals surface area (Å²) in [5.41, 5.74) is 1.26. The van der Waals surface area contributed by atoms with Gasteiger partial charge in [-0.25, -0.2) is 0 Å². The fraction of sp³-hybridized carbons (Fsp3) is 0.111. The molecule has 68 valence electrons. The van der Waals surface area contributed by atoms with Crippen LogP contribution in [0, 0.1) is 0 Å². The van der Waals surface area contributed by atoms with E-state index in [1.165, 1.54) is 10.3 Å². The molecule has 0 fully saturated rings. The van der Waals surface area contributed by atoms with E-state index in [2.05, 4.69) is 44.0 Å². The maximum Gasteiger partial charge on any atom is 0.0592 e. The van der Waals surface area contributed by atoms with E-state index in [9.17, 15) is 0 Å². The van der Waals surface area contributed by atoms with E-state index in [1.54, 1.807) is 11.3 Å². The Bertz CT molecular complexity index is 450. The van der Waals surface area contributed by atoms with Gasteiger partial charge in [-0.3, -0.25) is 0 Å². The van der Waals surface area contributed by atoms with Gasteiger partial charge in [0.05, 0.1) is 5.02 Å². The zero-order valence-corrected chi connectivity index (χ0v) is 11.2. The second-order valence-electron chi connectivity index (χ2n) is 2.66. The van der Waals surface area contributed by atoms with Crippen LogP contribution < -0.4 is 0 Å². The number of hydrogen-bond acceptors (Lipinski definition) is 1. The highest BCUT2D eigenvalue weighted by atomic mass is 79.9. The van der Waals surface area contributed by atoms with Crippen molar-refractivity contribution in [2.75, 3.05) is 0 Å². The van der Waals surface area contributed by atoms with Gasteiger partial charge in [0.1, 0.15) is 0 Å². The van der Waals surface area contributed by atoms with Crippen molar-refractivity contribution in [1.29, 1.82) is 0 Å². The summed E-state index contributed by atoms with van der Waals surface area (Å²) in [4.78, 5) is 0. The largest absolute Gasteiger partial charge is 0.142 e. The molecule has 0 spiro atoms. The Hall–Kier alpha value is 0.430. The summed E-state index contributed by atoms with van der Waals surface area (Å²) < 4.78 is 2.35. The molecule has 1 aromatic heterocycles. The lowest BCUT2D eigenvalue weighted by molar-refractivity contribution is 1.43. The van der Waals surface area contributed by atoms with E-state index < -0.39 is 0 Å². The van der Waals surface area contributed by atoms with Gasteiger partial charge in [-0.1, -0.05) is 43.5 Å². The lowest BCUT2D eigenvalue weighted by atomic mass is 10.2. The van der Waals surface area contributed by atoms with Gasteiger partial charge in [0.2, 0.25) is 0 Å². The lowest BCUT2D eigenvalue weighted by Crippen LogP contribution is -1.78. The highest BCUT2D eigenvalue weighted by Crippen LogP contribution is 2.34. The molecule has 4 heteroatoms. The number of thiophene rings is 1. The van der Waals surface area contributed by atoms with Crippen LogP contribution in [0.4, 0.5) is 0 Å². The molecule has 1 heterocycles. The molecule has 0 aliphatic rings. The Labute approximate surface area is 102 Å². The molecule has 0 bridgehead atoms. The number of alkyl halides is 1. The minimum atomic E-state index is 0.835. The maximum absolute atomic E-state index is 6.02. The van der Waals surface area contributed by atoms with Crippen molar-refractivity contribution in [2.24, 2.45) is 0 Å². The molecule has 0 saturated heterocycles. The highest BCUT2D eigenvalue weighted by Gasteiger charge is 2.05. The van der Waals surface area contributed by atoms with Crippen LogP contribution in [0.25, 0.3) is 10.1 Å². The van der Waals surface area contributed by atoms with Crippen molar-refractivity contribution < 1.29 is 0 Å². The summed E-state index contributed by atoms with van der Waals surface area (Å²) in [5.74, 6) is 0. The topological polar surface area (TPSA) is 0 Å². The van der Waals surface area contributed by atoms with Gasteiger partial charge in [0, 0.05) is 25.3 Å². The zero-order valence-electron chi connectivity index (χ0n) is 6.48. The third-order valence-corrected chi connectivity index (χ3v) is 4.57. The molecule has 1 aromatic carbocycles. The summed E-state index contributed by atoms with van der Waals surface area (Å²) >= 11 is 14.7. The van der Waals surface area contributed by atoms with E-state index in [-0.39, 0.29) is 0 Å². The first-order valence-electron chi connectivity index (χ1n) is 3.63. The second kappa shape index (κ2) is 3.89. The standard InChI is InChI=1S/C9H5Br2ClS/c10-3-5-1-9-6(2-7(5)11)8(12)4-13-9/h1-2,4H,3H2. The molecule has 0 radical (unpaired) electrons. The molecule has 13 heavy (non-hydrogen) atoms. The van der Waals surface area contributed by atoms with Crippen LogP contribution in [-0.2, 0) is 5.33 Å². The molecule has 0 aliphatic heterocycles. The highest BCUT2D eigenvalue weighted by molar-refractivity contribution is 9.10. The molecular weight excluding hydrogens is 335 g/mol. The summed E-state index contributed by atoms with van der Waals surface area (Å²) in [6.45, 7) is 0. The van der Waals surface area contributed by atoms with Crippen molar-refractivity contribution in [1.82, 2.24) is 0 Å². The Morgan fingerprint density at radius 1 is 1.38 bits per heavy atom. The monoisotopic (exact) mass is 338 g/mol. The Kier molecular flexibility index (Phi) is 2.98. The van der Waals surface area contributed by atoms with Crippen LogP contribution in [-0.4, -0.2) is 0 Å². The third-order valence-electron chi connectivity index (χ3n) is 1.84. The summed E-state index contributed by atoms with van der Waals surface area (Å²) in [5, 5.41) is 4.79. The molecule has 2 rings (SSSR count). The normalized spacial score (nSPS) is 11.0. The van der Waals surface area contributed by atoms with Gasteiger partial charge in [-0.2, -0.15) is 0 Å². The van der Waals surface area contributed by atoms with E-state index in [0.29, 0.717) is 0 Å². The van der Waals surface area contributed by atoms with Crippen LogP contribution in [0.2, 0.25) is 5.02 Å². The van der Waals surface area contributed by atoms with E-state index in [4.69, 9.17) is 11.6 Å². The quantitative estimate of drug-likeness (QED) is 0.625. The number of benzene rings is 1. The van der Waals surface area contributed by atoms with Crippen LogP contribution >= 0.6 is 54.8 Å². The average Bonchev–Trinajstić information content (AvgIpc) is 2.47. The summed E-state index contributed by atoms with van der Waals surface area (Å²) in [6.07, 6.45) is 0. The van der Waals surface area contributed by atoms with Gasteiger partial charge in [-0.15, -0.1) is 11.3 Å². The van der Waals surface area contributed by atoms with Crippen molar-refractivity contribution in [3.05, 3.63) is 32.6 Å². The number of hydrogen-bond donors (Lipinski definition) is 0. The molecule has 0 unspecified atom stereocenters. The van der Waals surface area contributed by atoms with Gasteiger partial charge in [0.15, 0.2) is 0 Å². The molecule has 0 amide bonds. The minimum absolute atomic E-state index is 0.835. The average molecular weight is 340 g/mol. The number of halogens is 3. The minimum Gasteiger partial charge on any atom is -0.142 e. The predicted octanol–water partition coefficient (Wildman–Crippen LogP) is 5.21. The maximum atomic E-state index is 6.02. The predicted molar refractivity (Wildman–Crippen MR) is 67.2 cm³/mol. The van der Waals surface area contributed by atoms with Crippen LogP contribution in [0.1, 0.15) is 5.56 Å². The summed E-state index contributed by atoms with van der Waals surface area (Å²) in [6, 6.07) is 4.23. The molecule has 0 atom stereocenters. The fourth-order valence-corrected chi connectivity index (χ4v) is 3.69. The van der Waals surface area contributed by atoms with Crippen LogP contribution in [0.15, 0.2) is 22.0 Å². The molecule has 0 nitrogen and oxygen atoms in total. The van der Waals surface area contributed by atoms with Crippen LogP contribution in [0.5, 0.6) is 0 Å². The van der Waals surface area contributed by atoms with Crippen molar-refractivity contribution in [2.45, 2.75) is 5.33 Å². The first-order valence-corrected chi connectivity index (χ1v) is 6.80.